The van der Waals surface area contributed by atoms with Gasteiger partial charge in [0, 0.05) is 29.5 Å². The first-order chi connectivity index (χ1) is 16.9. The smallest absolute Gasteiger partial charge is 0.321 e. The van der Waals surface area contributed by atoms with Crippen LogP contribution in [-0.4, -0.2) is 28.2 Å². The summed E-state index contributed by atoms with van der Waals surface area (Å²) in [5.41, 5.74) is 3.70. The van der Waals surface area contributed by atoms with Crippen LogP contribution in [0.4, 0.5) is 5.69 Å². The normalized spacial score (nSPS) is 14.0. The average Bonchev–Trinajstić information content (AvgIpc) is 3.12. The molecule has 1 aliphatic carbocycles. The Morgan fingerprint density at radius 2 is 1.83 bits per heavy atom. The summed E-state index contributed by atoms with van der Waals surface area (Å²) < 4.78 is 35.2. The molecule has 5 rings (SSSR count). The minimum absolute atomic E-state index is 0.239. The maximum absolute atomic E-state index is 12.2. The minimum atomic E-state index is -3.44. The molecule has 0 amide bonds. The van der Waals surface area contributed by atoms with Gasteiger partial charge in [0.05, 0.1) is 22.0 Å². The zero-order valence-corrected chi connectivity index (χ0v) is 20.3. The van der Waals surface area contributed by atoms with Crippen molar-refractivity contribution in [3.8, 4) is 29.1 Å². The number of aromatic nitrogens is 3. The molecule has 8 nitrogen and oxygen atoms in total. The second-order valence-electron chi connectivity index (χ2n) is 8.88. The Labute approximate surface area is 204 Å². The van der Waals surface area contributed by atoms with E-state index in [4.69, 9.17) is 4.74 Å². The van der Waals surface area contributed by atoms with Gasteiger partial charge in [-0.1, -0.05) is 12.1 Å². The van der Waals surface area contributed by atoms with Crippen molar-refractivity contribution in [3.05, 3.63) is 66.5 Å². The first-order valence-corrected chi connectivity index (χ1v) is 13.1. The van der Waals surface area contributed by atoms with Crippen molar-refractivity contribution in [2.24, 2.45) is 0 Å². The molecule has 178 valence electrons. The summed E-state index contributed by atoms with van der Waals surface area (Å²) in [5, 5.41) is 10.5. The summed E-state index contributed by atoms with van der Waals surface area (Å²) in [4.78, 5) is 8.22. The molecule has 2 aromatic carbocycles. The van der Waals surface area contributed by atoms with Crippen molar-refractivity contribution < 1.29 is 13.2 Å². The Balaban J connectivity index is 1.59. The van der Waals surface area contributed by atoms with Gasteiger partial charge in [-0.05, 0) is 75.1 Å². The van der Waals surface area contributed by atoms with E-state index in [0.29, 0.717) is 23.0 Å². The number of nitrogens with zero attached hydrogens (tertiary/aromatic N) is 4. The number of ether oxygens (including phenoxy) is 1. The number of nitriles is 1. The van der Waals surface area contributed by atoms with Gasteiger partial charge in [-0.25, -0.2) is 18.4 Å². The van der Waals surface area contributed by atoms with Crippen molar-refractivity contribution in [1.82, 2.24) is 14.5 Å². The number of sulfonamides is 1. The van der Waals surface area contributed by atoms with Crippen molar-refractivity contribution in [2.75, 3.05) is 4.72 Å². The molecule has 0 aliphatic heterocycles. The van der Waals surface area contributed by atoms with Crippen LogP contribution in [0.3, 0.4) is 0 Å². The van der Waals surface area contributed by atoms with Gasteiger partial charge in [0.25, 0.3) is 0 Å². The molecule has 4 aromatic rings. The van der Waals surface area contributed by atoms with E-state index in [9.17, 15) is 13.7 Å². The Morgan fingerprint density at radius 3 is 2.43 bits per heavy atom. The van der Waals surface area contributed by atoms with E-state index in [1.807, 2.05) is 30.3 Å². The number of hydrogen-bond donors (Lipinski definition) is 1. The van der Waals surface area contributed by atoms with E-state index in [1.165, 1.54) is 0 Å². The quantitative estimate of drug-likeness (QED) is 0.361. The number of benzene rings is 2. The van der Waals surface area contributed by atoms with Crippen LogP contribution < -0.4 is 9.46 Å². The molecular formula is C26H25N5O3S. The fourth-order valence-electron chi connectivity index (χ4n) is 4.20. The molecule has 0 radical (unpaired) electrons. The maximum atomic E-state index is 12.2. The van der Waals surface area contributed by atoms with Crippen LogP contribution in [0.1, 0.15) is 44.7 Å². The fourth-order valence-corrected chi connectivity index (χ4v) is 4.90. The van der Waals surface area contributed by atoms with E-state index in [0.717, 1.165) is 41.4 Å². The van der Waals surface area contributed by atoms with Crippen molar-refractivity contribution in [2.45, 2.75) is 44.4 Å². The second kappa shape index (κ2) is 9.04. The van der Waals surface area contributed by atoms with E-state index in [2.05, 4.69) is 25.3 Å². The van der Waals surface area contributed by atoms with Gasteiger partial charge in [0.1, 0.15) is 11.8 Å². The lowest BCUT2D eigenvalue weighted by Gasteiger charge is -2.30. The summed E-state index contributed by atoms with van der Waals surface area (Å²) in [6.07, 6.45) is 6.46. The Bertz CT molecular complexity index is 1520. The van der Waals surface area contributed by atoms with Crippen molar-refractivity contribution in [1.29, 1.82) is 5.26 Å². The highest BCUT2D eigenvalue weighted by Crippen LogP contribution is 2.43. The lowest BCUT2D eigenvalue weighted by atomic mass is 9.92. The molecule has 0 bridgehead atoms. The lowest BCUT2D eigenvalue weighted by Crippen LogP contribution is -2.22. The molecule has 2 heterocycles. The summed E-state index contributed by atoms with van der Waals surface area (Å²) >= 11 is 0. The number of rotatable bonds is 7. The maximum Gasteiger partial charge on any atom is 0.321 e. The third-order valence-electron chi connectivity index (χ3n) is 6.32. The molecule has 0 unspecified atom stereocenters. The van der Waals surface area contributed by atoms with Gasteiger partial charge < -0.3 is 9.30 Å². The third-order valence-corrected chi connectivity index (χ3v) is 8.08. The van der Waals surface area contributed by atoms with Gasteiger partial charge in [-0.3, -0.25) is 4.72 Å². The molecule has 0 atom stereocenters. The molecular weight excluding hydrogens is 462 g/mol. The first kappa shape index (κ1) is 22.9. The highest BCUT2D eigenvalue weighted by molar-refractivity contribution is 7.93. The summed E-state index contributed by atoms with van der Waals surface area (Å²) in [6, 6.07) is 17.5. The SMILES string of the molecule is CC(C)S(=O)(=O)Nc1ccc(-c2c(C#N)c3cc(Oc4ncccn4)ccc3n2C2CCC2)cc1. The zero-order chi connectivity index (χ0) is 24.6. The van der Waals surface area contributed by atoms with E-state index < -0.39 is 15.3 Å². The van der Waals surface area contributed by atoms with E-state index >= 15 is 0 Å². The molecule has 2 aromatic heterocycles. The van der Waals surface area contributed by atoms with Crippen molar-refractivity contribution >= 4 is 26.6 Å². The van der Waals surface area contributed by atoms with Crippen LogP contribution in [0.15, 0.2) is 60.9 Å². The summed E-state index contributed by atoms with van der Waals surface area (Å²) in [6.45, 7) is 3.27. The van der Waals surface area contributed by atoms with E-state index in [1.54, 1.807) is 44.4 Å². The monoisotopic (exact) mass is 487 g/mol. The highest BCUT2D eigenvalue weighted by Gasteiger charge is 2.28. The number of nitrogens with one attached hydrogen (secondary N) is 1. The van der Waals surface area contributed by atoms with Crippen LogP contribution in [-0.2, 0) is 10.0 Å². The topological polar surface area (TPSA) is 110 Å². The largest absolute Gasteiger partial charge is 0.424 e. The van der Waals surface area contributed by atoms with Gasteiger partial charge in [-0.15, -0.1) is 0 Å². The van der Waals surface area contributed by atoms with Crippen LogP contribution in [0.5, 0.6) is 11.8 Å². The molecule has 1 saturated carbocycles. The van der Waals surface area contributed by atoms with Crippen LogP contribution in [0, 0.1) is 11.3 Å². The van der Waals surface area contributed by atoms with Gasteiger partial charge in [0.15, 0.2) is 0 Å². The molecule has 1 aliphatic rings. The predicted molar refractivity (Wildman–Crippen MR) is 135 cm³/mol. The average molecular weight is 488 g/mol. The van der Waals surface area contributed by atoms with Crippen molar-refractivity contribution in [3.63, 3.8) is 0 Å². The second-order valence-corrected chi connectivity index (χ2v) is 11.1. The lowest BCUT2D eigenvalue weighted by molar-refractivity contribution is 0.324. The highest BCUT2D eigenvalue weighted by atomic mass is 32.2. The standard InChI is InChI=1S/C26H25N5O3S/c1-17(2)35(32,33)30-19-9-7-18(8-10-19)25-23(16-27)22-15-21(34-26-28-13-4-14-29-26)11-12-24(22)31(25)20-5-3-6-20/h4,7-15,17,20,30H,3,5-6H2,1-2H3. The molecule has 9 heteroatoms. The first-order valence-electron chi connectivity index (χ1n) is 11.5. The molecule has 35 heavy (non-hydrogen) atoms. The summed E-state index contributed by atoms with van der Waals surface area (Å²) in [5.74, 6) is 0.552. The van der Waals surface area contributed by atoms with Crippen LogP contribution in [0.2, 0.25) is 0 Å². The van der Waals surface area contributed by atoms with Gasteiger partial charge in [-0.2, -0.15) is 5.26 Å². The van der Waals surface area contributed by atoms with Crippen LogP contribution in [0.25, 0.3) is 22.2 Å². The molecule has 0 spiro atoms. The summed E-state index contributed by atoms with van der Waals surface area (Å²) in [7, 11) is -3.44. The number of anilines is 1. The molecule has 1 N–H and O–H groups in total. The molecule has 1 fully saturated rings. The Hall–Kier alpha value is -3.90. The zero-order valence-electron chi connectivity index (χ0n) is 19.5. The van der Waals surface area contributed by atoms with Gasteiger partial charge in [0.2, 0.25) is 10.0 Å². The van der Waals surface area contributed by atoms with Gasteiger partial charge >= 0.3 is 6.01 Å². The van der Waals surface area contributed by atoms with Crippen LogP contribution >= 0.6 is 0 Å². The number of hydrogen-bond acceptors (Lipinski definition) is 6. The fraction of sp³-hybridized carbons (Fsp3) is 0.269. The predicted octanol–water partition coefficient (Wildman–Crippen LogP) is 5.64. The third kappa shape index (κ3) is 4.33. The number of fused-ring (bicyclic) bond motifs is 1. The Kier molecular flexibility index (Phi) is 5.91. The minimum Gasteiger partial charge on any atom is -0.424 e. The van der Waals surface area contributed by atoms with E-state index in [-0.39, 0.29) is 6.01 Å². The Morgan fingerprint density at radius 1 is 1.11 bits per heavy atom. The molecule has 0 saturated heterocycles.